The van der Waals surface area contributed by atoms with Gasteiger partial charge < -0.3 is 4.74 Å². The zero-order valence-corrected chi connectivity index (χ0v) is 14.2. The Kier molecular flexibility index (Phi) is 3.34. The van der Waals surface area contributed by atoms with Gasteiger partial charge in [-0.15, -0.1) is 0 Å². The largest absolute Gasteiger partial charge is 0.354 e. The van der Waals surface area contributed by atoms with Crippen molar-refractivity contribution in [1.82, 2.24) is 0 Å². The Morgan fingerprint density at radius 1 is 0.857 bits per heavy atom. The summed E-state index contributed by atoms with van der Waals surface area (Å²) in [6.45, 7) is 0. The van der Waals surface area contributed by atoms with Gasteiger partial charge in [0, 0.05) is 4.43 Å². The van der Waals surface area contributed by atoms with Gasteiger partial charge in [-0.25, -0.2) is 0 Å². The lowest BCUT2D eigenvalue weighted by molar-refractivity contribution is -0.106. The number of hydrogen-bond acceptors (Lipinski definition) is 1. The molecule has 2 aromatic rings. The number of halogens is 1. The van der Waals surface area contributed by atoms with E-state index in [2.05, 4.69) is 77.2 Å². The predicted octanol–water partition coefficient (Wildman–Crippen LogP) is 5.16. The zero-order valence-electron chi connectivity index (χ0n) is 12.0. The van der Waals surface area contributed by atoms with E-state index in [4.69, 9.17) is 4.74 Å². The van der Waals surface area contributed by atoms with Crippen LogP contribution in [0.5, 0.6) is 0 Å². The number of fused-ring (bicyclic) bond motifs is 2. The van der Waals surface area contributed by atoms with Crippen molar-refractivity contribution in [1.29, 1.82) is 0 Å². The molecule has 1 fully saturated rings. The quantitative estimate of drug-likeness (QED) is 0.508. The third kappa shape index (κ3) is 1.92. The SMILES string of the molecule is ICC1(c2ccccc2)OC2(CCCC2)c2ccccc21. The molecule has 1 atom stereocenters. The Hall–Kier alpha value is -0.870. The Morgan fingerprint density at radius 3 is 2.14 bits per heavy atom. The summed E-state index contributed by atoms with van der Waals surface area (Å²) in [5, 5.41) is 0. The van der Waals surface area contributed by atoms with Gasteiger partial charge in [0.25, 0.3) is 0 Å². The van der Waals surface area contributed by atoms with E-state index >= 15 is 0 Å². The first-order chi connectivity index (χ1) is 10.3. The van der Waals surface area contributed by atoms with Crippen LogP contribution in [0.3, 0.4) is 0 Å². The highest BCUT2D eigenvalue weighted by atomic mass is 127. The topological polar surface area (TPSA) is 9.23 Å². The van der Waals surface area contributed by atoms with Gasteiger partial charge in [0.1, 0.15) is 5.60 Å². The van der Waals surface area contributed by atoms with Crippen LogP contribution in [0.15, 0.2) is 54.6 Å². The molecule has 0 aromatic heterocycles. The first kappa shape index (κ1) is 13.8. The van der Waals surface area contributed by atoms with E-state index in [1.54, 1.807) is 0 Å². The predicted molar refractivity (Wildman–Crippen MR) is 93.8 cm³/mol. The Balaban J connectivity index is 1.94. The number of rotatable bonds is 2. The molecule has 0 bridgehead atoms. The molecule has 2 aromatic carbocycles. The molecule has 1 spiro atoms. The number of hydrogen-bond donors (Lipinski definition) is 0. The highest BCUT2D eigenvalue weighted by Crippen LogP contribution is 2.57. The minimum Gasteiger partial charge on any atom is -0.354 e. The second-order valence-corrected chi connectivity index (χ2v) is 6.94. The average Bonchev–Trinajstić information content (AvgIpc) is 3.14. The maximum atomic E-state index is 6.90. The molecule has 21 heavy (non-hydrogen) atoms. The van der Waals surface area contributed by atoms with Crippen LogP contribution < -0.4 is 0 Å². The minimum absolute atomic E-state index is 0.0440. The highest BCUT2D eigenvalue weighted by molar-refractivity contribution is 14.1. The molecular formula is C19H19IO. The normalized spacial score (nSPS) is 26.1. The van der Waals surface area contributed by atoms with Crippen LogP contribution >= 0.6 is 22.6 Å². The van der Waals surface area contributed by atoms with Crippen molar-refractivity contribution in [3.05, 3.63) is 71.3 Å². The van der Waals surface area contributed by atoms with Gasteiger partial charge in [-0.3, -0.25) is 0 Å². The summed E-state index contributed by atoms with van der Waals surface area (Å²) in [6.07, 6.45) is 4.88. The molecule has 0 amide bonds. The van der Waals surface area contributed by atoms with Gasteiger partial charge in [0.05, 0.1) is 5.60 Å². The summed E-state index contributed by atoms with van der Waals surface area (Å²) in [4.78, 5) is 0. The standard InChI is InChI=1S/C19H19IO/c20-14-19(15-8-2-1-3-9-15)17-11-5-4-10-16(17)18(21-19)12-6-7-13-18/h1-5,8-11H,6-7,12-14H2. The Labute approximate surface area is 139 Å². The summed E-state index contributed by atoms with van der Waals surface area (Å²) < 4.78 is 7.85. The van der Waals surface area contributed by atoms with Crippen molar-refractivity contribution in [2.24, 2.45) is 0 Å². The molecule has 0 radical (unpaired) electrons. The van der Waals surface area contributed by atoms with Crippen molar-refractivity contribution in [2.45, 2.75) is 36.9 Å². The molecule has 1 unspecified atom stereocenters. The van der Waals surface area contributed by atoms with E-state index in [0.717, 1.165) is 17.3 Å². The Bertz CT molecular complexity index is 646. The summed E-state index contributed by atoms with van der Waals surface area (Å²) in [6, 6.07) is 19.6. The lowest BCUT2D eigenvalue weighted by Crippen LogP contribution is -2.33. The van der Waals surface area contributed by atoms with E-state index in [1.165, 1.54) is 29.5 Å². The van der Waals surface area contributed by atoms with E-state index in [-0.39, 0.29) is 11.2 Å². The number of ether oxygens (including phenoxy) is 1. The third-order valence-electron chi connectivity index (χ3n) is 5.06. The molecule has 108 valence electrons. The summed E-state index contributed by atoms with van der Waals surface area (Å²) in [7, 11) is 0. The molecule has 0 N–H and O–H groups in total. The van der Waals surface area contributed by atoms with Gasteiger partial charge in [-0.05, 0) is 29.5 Å². The molecule has 2 aliphatic rings. The number of alkyl halides is 1. The van der Waals surface area contributed by atoms with E-state index in [0.29, 0.717) is 0 Å². The molecule has 1 aliphatic heterocycles. The van der Waals surface area contributed by atoms with Gasteiger partial charge in [0.15, 0.2) is 0 Å². The first-order valence-corrected chi connectivity index (χ1v) is 9.25. The zero-order chi connectivity index (χ0) is 14.3. The lowest BCUT2D eigenvalue weighted by Gasteiger charge is -2.33. The third-order valence-corrected chi connectivity index (χ3v) is 6.14. The van der Waals surface area contributed by atoms with Crippen LogP contribution in [-0.2, 0) is 15.9 Å². The number of benzene rings is 2. The molecule has 1 saturated carbocycles. The fourth-order valence-corrected chi connectivity index (χ4v) is 5.10. The molecule has 1 heterocycles. The molecule has 2 heteroatoms. The summed E-state index contributed by atoms with van der Waals surface area (Å²) in [5.41, 5.74) is 3.78. The first-order valence-electron chi connectivity index (χ1n) is 7.72. The fraction of sp³-hybridized carbons (Fsp3) is 0.368. The smallest absolute Gasteiger partial charge is 0.129 e. The van der Waals surface area contributed by atoms with Crippen molar-refractivity contribution in [3.8, 4) is 0 Å². The van der Waals surface area contributed by atoms with Gasteiger partial charge in [0.2, 0.25) is 0 Å². The van der Waals surface area contributed by atoms with Crippen molar-refractivity contribution < 1.29 is 4.74 Å². The average molecular weight is 390 g/mol. The van der Waals surface area contributed by atoms with Crippen LogP contribution in [0.1, 0.15) is 42.4 Å². The van der Waals surface area contributed by atoms with Crippen LogP contribution in [-0.4, -0.2) is 4.43 Å². The van der Waals surface area contributed by atoms with E-state index in [9.17, 15) is 0 Å². The van der Waals surface area contributed by atoms with Crippen molar-refractivity contribution in [3.63, 3.8) is 0 Å². The molecule has 4 rings (SSSR count). The van der Waals surface area contributed by atoms with Crippen molar-refractivity contribution >= 4 is 22.6 Å². The maximum Gasteiger partial charge on any atom is 0.129 e. The van der Waals surface area contributed by atoms with Crippen LogP contribution in [0.2, 0.25) is 0 Å². The molecule has 1 nitrogen and oxygen atoms in total. The summed E-state index contributed by atoms with van der Waals surface area (Å²) >= 11 is 2.49. The van der Waals surface area contributed by atoms with E-state index < -0.39 is 0 Å². The van der Waals surface area contributed by atoms with Gasteiger partial charge in [-0.2, -0.15) is 0 Å². The maximum absolute atomic E-state index is 6.90. The van der Waals surface area contributed by atoms with Crippen LogP contribution in [0.25, 0.3) is 0 Å². The highest BCUT2D eigenvalue weighted by Gasteiger charge is 2.54. The molecular weight excluding hydrogens is 371 g/mol. The summed E-state index contributed by atoms with van der Waals surface area (Å²) in [5.74, 6) is 0. The Morgan fingerprint density at radius 2 is 1.48 bits per heavy atom. The second kappa shape index (κ2) is 5.10. The molecule has 0 saturated heterocycles. The monoisotopic (exact) mass is 390 g/mol. The van der Waals surface area contributed by atoms with E-state index in [1.807, 2.05) is 0 Å². The fourth-order valence-electron chi connectivity index (χ4n) is 4.09. The van der Waals surface area contributed by atoms with Crippen molar-refractivity contribution in [2.75, 3.05) is 4.43 Å². The van der Waals surface area contributed by atoms with Gasteiger partial charge in [-0.1, -0.05) is 90.0 Å². The van der Waals surface area contributed by atoms with Crippen LogP contribution in [0.4, 0.5) is 0 Å². The molecule has 1 aliphatic carbocycles. The second-order valence-electron chi connectivity index (χ2n) is 6.18. The minimum atomic E-state index is -0.275. The van der Waals surface area contributed by atoms with Crippen LogP contribution in [0, 0.1) is 0 Å². The van der Waals surface area contributed by atoms with Gasteiger partial charge >= 0.3 is 0 Å². The lowest BCUT2D eigenvalue weighted by atomic mass is 9.84.